The Balaban J connectivity index is 1.57. The number of allylic oxidation sites excluding steroid dienone is 1. The average molecular weight is 413 g/mol. The Labute approximate surface area is 175 Å². The van der Waals surface area contributed by atoms with E-state index in [1.165, 1.54) is 5.69 Å². The lowest BCUT2D eigenvalue weighted by Gasteiger charge is -2.34. The molecule has 0 bridgehead atoms. The van der Waals surface area contributed by atoms with Gasteiger partial charge in [0.1, 0.15) is 5.82 Å². The molecule has 2 heterocycles. The Morgan fingerprint density at radius 3 is 2.45 bits per heavy atom. The molecule has 0 aliphatic carbocycles. The molecule has 154 valence electrons. The van der Waals surface area contributed by atoms with E-state index in [2.05, 4.69) is 45.9 Å². The molecule has 1 aromatic carbocycles. The van der Waals surface area contributed by atoms with Gasteiger partial charge in [0.15, 0.2) is 0 Å². The Bertz CT molecular complexity index is 978. The van der Waals surface area contributed by atoms with Gasteiger partial charge in [-0.3, -0.25) is 4.79 Å². The van der Waals surface area contributed by atoms with E-state index in [1.807, 2.05) is 19.1 Å². The third kappa shape index (κ3) is 5.16. The number of hydrogen-bond donors (Lipinski definition) is 2. The molecule has 0 amide bonds. The number of aliphatic imine (C=N–C) groups is 1. The van der Waals surface area contributed by atoms with E-state index in [-0.39, 0.29) is 4.87 Å². The van der Waals surface area contributed by atoms with Crippen LogP contribution in [0.4, 0.5) is 11.4 Å². The number of piperazine rings is 1. The van der Waals surface area contributed by atoms with Gasteiger partial charge in [-0.25, -0.2) is 4.99 Å². The molecule has 7 nitrogen and oxygen atoms in total. The lowest BCUT2D eigenvalue weighted by atomic mass is 10.2. The average Bonchev–Trinajstić information content (AvgIpc) is 2.96. The number of nitrogens with two attached hydrogens (primary N) is 1. The molecule has 1 aliphatic rings. The quantitative estimate of drug-likeness (QED) is 0.713. The van der Waals surface area contributed by atoms with Crippen molar-refractivity contribution in [3.63, 3.8) is 0 Å². The van der Waals surface area contributed by atoms with Crippen LogP contribution in [0.5, 0.6) is 0 Å². The lowest BCUT2D eigenvalue weighted by Crippen LogP contribution is -2.44. The van der Waals surface area contributed by atoms with Crippen LogP contribution in [0.15, 0.2) is 52.5 Å². The van der Waals surface area contributed by atoms with Crippen LogP contribution in [-0.2, 0) is 7.05 Å². The van der Waals surface area contributed by atoms with Gasteiger partial charge in [0.05, 0.1) is 10.6 Å². The predicted octanol–water partition coefficient (Wildman–Crippen LogP) is 2.46. The minimum absolute atomic E-state index is 0.0307. The summed E-state index contributed by atoms with van der Waals surface area (Å²) in [6.45, 7) is 10.1. The smallest absolute Gasteiger partial charge is 0.307 e. The first-order valence-corrected chi connectivity index (χ1v) is 10.3. The van der Waals surface area contributed by atoms with Crippen LogP contribution in [0.25, 0.3) is 5.70 Å². The van der Waals surface area contributed by atoms with Crippen LogP contribution in [0.1, 0.15) is 10.6 Å². The van der Waals surface area contributed by atoms with Crippen LogP contribution >= 0.6 is 11.3 Å². The number of anilines is 2. The summed E-state index contributed by atoms with van der Waals surface area (Å²) < 4.78 is 1.59. The van der Waals surface area contributed by atoms with E-state index in [4.69, 9.17) is 5.73 Å². The van der Waals surface area contributed by atoms with Gasteiger partial charge in [-0.1, -0.05) is 17.9 Å². The highest BCUT2D eigenvalue weighted by Crippen LogP contribution is 2.20. The number of likely N-dealkylation sites (N-methyl/N-ethyl adjacent to an activating group) is 1. The van der Waals surface area contributed by atoms with Crippen molar-refractivity contribution in [3.8, 4) is 0 Å². The number of benzene rings is 1. The van der Waals surface area contributed by atoms with Gasteiger partial charge < -0.3 is 25.4 Å². The monoisotopic (exact) mass is 412 g/mol. The Kier molecular flexibility index (Phi) is 6.56. The highest BCUT2D eigenvalue weighted by molar-refractivity contribution is 7.10. The first-order chi connectivity index (χ1) is 13.8. The zero-order valence-corrected chi connectivity index (χ0v) is 18.0. The summed E-state index contributed by atoms with van der Waals surface area (Å²) in [4.78, 5) is 21.5. The fourth-order valence-electron chi connectivity index (χ4n) is 3.09. The van der Waals surface area contributed by atoms with Crippen molar-refractivity contribution in [1.82, 2.24) is 9.47 Å². The first kappa shape index (κ1) is 20.9. The largest absolute Gasteiger partial charge is 0.397 e. The van der Waals surface area contributed by atoms with Crippen molar-refractivity contribution in [1.29, 1.82) is 0 Å². The summed E-state index contributed by atoms with van der Waals surface area (Å²) in [6.07, 6.45) is 3.27. The molecule has 8 heteroatoms. The van der Waals surface area contributed by atoms with Gasteiger partial charge in [0.25, 0.3) is 0 Å². The van der Waals surface area contributed by atoms with E-state index in [0.717, 1.165) is 53.8 Å². The molecule has 3 rings (SSSR count). The van der Waals surface area contributed by atoms with Gasteiger partial charge >= 0.3 is 4.87 Å². The van der Waals surface area contributed by atoms with Gasteiger partial charge in [0, 0.05) is 56.5 Å². The molecular weight excluding hydrogens is 384 g/mol. The molecule has 1 aromatic heterocycles. The molecule has 0 unspecified atom stereocenters. The second-order valence-electron chi connectivity index (χ2n) is 7.15. The zero-order chi connectivity index (χ0) is 21.0. The summed E-state index contributed by atoms with van der Waals surface area (Å²) in [5.74, 6) is 0.513. The Morgan fingerprint density at radius 1 is 1.21 bits per heavy atom. The van der Waals surface area contributed by atoms with E-state index in [9.17, 15) is 4.79 Å². The lowest BCUT2D eigenvalue weighted by molar-refractivity contribution is 0.313. The molecule has 0 saturated carbocycles. The van der Waals surface area contributed by atoms with Crippen molar-refractivity contribution < 1.29 is 0 Å². The molecule has 2 aromatic rings. The number of aromatic nitrogens is 1. The minimum Gasteiger partial charge on any atom is -0.397 e. The minimum atomic E-state index is -0.0307. The maximum atomic E-state index is 11.7. The molecular formula is C21H28N6OS. The zero-order valence-electron chi connectivity index (χ0n) is 17.2. The number of rotatable bonds is 6. The van der Waals surface area contributed by atoms with E-state index in [1.54, 1.807) is 23.9 Å². The number of nitrogens with zero attached hydrogens (tertiary/aromatic N) is 4. The maximum Gasteiger partial charge on any atom is 0.307 e. The summed E-state index contributed by atoms with van der Waals surface area (Å²) >= 11 is 1.13. The highest BCUT2D eigenvalue weighted by atomic mass is 32.1. The van der Waals surface area contributed by atoms with Crippen LogP contribution in [0.2, 0.25) is 0 Å². The van der Waals surface area contributed by atoms with Crippen LogP contribution in [-0.4, -0.2) is 48.9 Å². The topological polar surface area (TPSA) is 78.9 Å². The SMILES string of the molecule is C=C(N=C/C=C(\N)c1sc(=O)n(C)c1C)Nc1ccc(N2CCN(C)CC2)cc1. The van der Waals surface area contributed by atoms with E-state index < -0.39 is 0 Å². The standard InChI is InChI=1S/C21H28N6OS/c1-15-20(29-21(28)26(15)4)19(22)9-10-23-16(2)24-17-5-7-18(8-6-17)27-13-11-25(3)12-14-27/h5-10,24H,2,11-14,22H2,1,3-4H3/b19-9-,23-10?. The van der Waals surface area contributed by atoms with Crippen LogP contribution in [0, 0.1) is 6.92 Å². The first-order valence-electron chi connectivity index (χ1n) is 9.51. The molecule has 0 atom stereocenters. The van der Waals surface area contributed by atoms with Crippen molar-refractivity contribution in [2.75, 3.05) is 43.4 Å². The van der Waals surface area contributed by atoms with Gasteiger partial charge in [-0.2, -0.15) is 0 Å². The predicted molar refractivity (Wildman–Crippen MR) is 124 cm³/mol. The Morgan fingerprint density at radius 2 is 1.86 bits per heavy atom. The third-order valence-electron chi connectivity index (χ3n) is 5.07. The number of hydrogen-bond acceptors (Lipinski definition) is 7. The Hall–Kier alpha value is -2.84. The normalized spacial score (nSPS) is 15.8. The van der Waals surface area contributed by atoms with Crippen LogP contribution in [0.3, 0.4) is 0 Å². The second kappa shape index (κ2) is 9.11. The molecule has 1 fully saturated rings. The summed E-state index contributed by atoms with van der Waals surface area (Å²) in [7, 11) is 3.89. The summed E-state index contributed by atoms with van der Waals surface area (Å²) in [5.41, 5.74) is 9.60. The fraction of sp³-hybridized carbons (Fsp3) is 0.333. The second-order valence-corrected chi connectivity index (χ2v) is 8.11. The van der Waals surface area contributed by atoms with Crippen LogP contribution < -0.4 is 20.8 Å². The number of thiazole rings is 1. The fourth-order valence-corrected chi connectivity index (χ4v) is 4.01. The van der Waals surface area contributed by atoms with Crippen molar-refractivity contribution in [2.45, 2.75) is 6.92 Å². The highest BCUT2D eigenvalue weighted by Gasteiger charge is 2.14. The third-order valence-corrected chi connectivity index (χ3v) is 6.25. The summed E-state index contributed by atoms with van der Waals surface area (Å²) in [5, 5.41) is 3.18. The number of nitrogens with one attached hydrogen (secondary N) is 1. The van der Waals surface area contributed by atoms with E-state index in [0.29, 0.717) is 11.5 Å². The summed E-state index contributed by atoms with van der Waals surface area (Å²) in [6, 6.07) is 8.29. The van der Waals surface area contributed by atoms with Gasteiger partial charge in [-0.15, -0.1) is 0 Å². The molecule has 0 spiro atoms. The molecule has 29 heavy (non-hydrogen) atoms. The molecule has 0 radical (unpaired) electrons. The van der Waals surface area contributed by atoms with Gasteiger partial charge in [-0.05, 0) is 44.3 Å². The van der Waals surface area contributed by atoms with Gasteiger partial charge in [0.2, 0.25) is 0 Å². The molecule has 1 aliphatic heterocycles. The molecule has 1 saturated heterocycles. The van der Waals surface area contributed by atoms with Crippen molar-refractivity contribution in [2.24, 2.45) is 17.8 Å². The van der Waals surface area contributed by atoms with E-state index >= 15 is 0 Å². The van der Waals surface area contributed by atoms with Crippen molar-refractivity contribution >= 4 is 34.6 Å². The maximum absolute atomic E-state index is 11.7. The molecule has 3 N–H and O–H groups in total. The van der Waals surface area contributed by atoms with Crippen molar-refractivity contribution in [3.05, 3.63) is 63.0 Å².